The number of aromatic nitrogens is 5. The lowest BCUT2D eigenvalue weighted by Gasteiger charge is -2.09. The van der Waals surface area contributed by atoms with Gasteiger partial charge in [0.2, 0.25) is 0 Å². The molecular formula is C42H25N5S. The normalized spacial score (nSPS) is 11.8. The number of rotatable bonds is 4. The van der Waals surface area contributed by atoms with Gasteiger partial charge in [-0.2, -0.15) is 9.50 Å². The van der Waals surface area contributed by atoms with Crippen LogP contribution < -0.4 is 0 Å². The predicted octanol–water partition coefficient (Wildman–Crippen LogP) is 10.9. The van der Waals surface area contributed by atoms with Gasteiger partial charge in [-0.1, -0.05) is 127 Å². The molecule has 3 aromatic heterocycles. The molecule has 0 aliphatic heterocycles. The highest BCUT2D eigenvalue weighted by Gasteiger charge is 2.16. The van der Waals surface area contributed by atoms with Crippen LogP contribution in [0.4, 0.5) is 0 Å². The summed E-state index contributed by atoms with van der Waals surface area (Å²) in [4.78, 5) is 15.0. The smallest absolute Gasteiger partial charge is 0.236 e. The van der Waals surface area contributed by atoms with Gasteiger partial charge < -0.3 is 0 Å². The molecule has 5 nitrogen and oxygen atoms in total. The van der Waals surface area contributed by atoms with Crippen LogP contribution in [-0.2, 0) is 0 Å². The number of nitrogens with zero attached hydrogens (tertiary/aromatic N) is 5. The van der Waals surface area contributed by atoms with E-state index < -0.39 is 0 Å². The predicted molar refractivity (Wildman–Crippen MR) is 198 cm³/mol. The van der Waals surface area contributed by atoms with E-state index in [-0.39, 0.29) is 0 Å². The summed E-state index contributed by atoms with van der Waals surface area (Å²) in [5.74, 6) is 1.22. The van der Waals surface area contributed by atoms with Crippen LogP contribution in [-0.4, -0.2) is 24.6 Å². The fraction of sp³-hybridized carbons (Fsp3) is 0. The summed E-state index contributed by atoms with van der Waals surface area (Å²) in [5.41, 5.74) is 8.29. The largest absolute Gasteiger partial charge is 0.253 e. The number of thiazole rings is 1. The van der Waals surface area contributed by atoms with E-state index in [2.05, 4.69) is 115 Å². The first-order valence-corrected chi connectivity index (χ1v) is 16.7. The SMILES string of the molecule is c1ccc(-c2nc3ccc4ccc5ccc(-c6cccc(-c7nc8nc(-c9ccccc9)c9ccccc9n8n7)c6)cc5c4c3s2)cc1. The molecule has 0 spiro atoms. The summed E-state index contributed by atoms with van der Waals surface area (Å²) in [6, 6.07) is 52.9. The third-order valence-corrected chi connectivity index (χ3v) is 10.2. The Morgan fingerprint density at radius 1 is 0.479 bits per heavy atom. The number of hydrogen-bond donors (Lipinski definition) is 0. The highest BCUT2D eigenvalue weighted by molar-refractivity contribution is 7.22. The Morgan fingerprint density at radius 2 is 1.17 bits per heavy atom. The van der Waals surface area contributed by atoms with Gasteiger partial charge in [0, 0.05) is 27.5 Å². The summed E-state index contributed by atoms with van der Waals surface area (Å²) in [7, 11) is 0. The average molecular weight is 632 g/mol. The molecule has 0 radical (unpaired) electrons. The van der Waals surface area contributed by atoms with Gasteiger partial charge in [-0.3, -0.25) is 0 Å². The van der Waals surface area contributed by atoms with E-state index in [0.717, 1.165) is 54.9 Å². The number of fused-ring (bicyclic) bond motifs is 8. The molecule has 10 rings (SSSR count). The van der Waals surface area contributed by atoms with E-state index in [9.17, 15) is 0 Å². The van der Waals surface area contributed by atoms with Crippen molar-refractivity contribution in [3.63, 3.8) is 0 Å². The van der Waals surface area contributed by atoms with Crippen molar-refractivity contribution >= 4 is 59.8 Å². The first-order chi connectivity index (χ1) is 23.8. The van der Waals surface area contributed by atoms with Gasteiger partial charge in [0.1, 0.15) is 5.01 Å². The molecule has 224 valence electrons. The highest BCUT2D eigenvalue weighted by atomic mass is 32.1. The minimum atomic E-state index is 0.577. The number of benzene rings is 7. The third-order valence-electron chi connectivity index (χ3n) is 9.07. The molecule has 0 atom stereocenters. The summed E-state index contributed by atoms with van der Waals surface area (Å²) in [5, 5.41) is 11.9. The van der Waals surface area contributed by atoms with Crippen molar-refractivity contribution in [2.75, 3.05) is 0 Å². The Kier molecular flexibility index (Phi) is 5.98. The Labute approximate surface area is 279 Å². The number of hydrogen-bond acceptors (Lipinski definition) is 5. The summed E-state index contributed by atoms with van der Waals surface area (Å²) in [6.45, 7) is 0. The van der Waals surface area contributed by atoms with Gasteiger partial charge in [0.05, 0.1) is 21.4 Å². The van der Waals surface area contributed by atoms with E-state index in [0.29, 0.717) is 11.6 Å². The summed E-state index contributed by atoms with van der Waals surface area (Å²) < 4.78 is 3.07. The van der Waals surface area contributed by atoms with Crippen molar-refractivity contribution in [2.45, 2.75) is 0 Å². The average Bonchev–Trinajstić information content (AvgIpc) is 3.80. The van der Waals surface area contributed by atoms with E-state index in [1.54, 1.807) is 11.3 Å². The molecule has 10 aromatic rings. The standard InChI is InChI=1S/C42H25N5S/c1-3-10-28(11-4-1)38-33-16-7-8-17-36(33)47-42(44-38)45-40(46-47)32-15-9-14-30(24-32)31-21-19-26-18-20-27-22-23-35-39(37(27)34(26)25-31)48-41(43-35)29-12-5-2-6-13-29/h1-25H. The molecule has 0 amide bonds. The van der Waals surface area contributed by atoms with Crippen molar-refractivity contribution in [1.29, 1.82) is 0 Å². The molecule has 0 aliphatic rings. The zero-order chi connectivity index (χ0) is 31.6. The van der Waals surface area contributed by atoms with Crippen molar-refractivity contribution in [1.82, 2.24) is 24.6 Å². The lowest BCUT2D eigenvalue weighted by molar-refractivity contribution is 0.989. The third kappa shape index (κ3) is 4.31. The van der Waals surface area contributed by atoms with Gasteiger partial charge >= 0.3 is 0 Å². The monoisotopic (exact) mass is 631 g/mol. The Morgan fingerprint density at radius 3 is 2.04 bits per heavy atom. The molecule has 6 heteroatoms. The van der Waals surface area contributed by atoms with Crippen molar-refractivity contribution in [2.24, 2.45) is 0 Å². The van der Waals surface area contributed by atoms with Crippen molar-refractivity contribution in [3.05, 3.63) is 152 Å². The van der Waals surface area contributed by atoms with Gasteiger partial charge in [-0.05, 0) is 51.6 Å². The Bertz CT molecular complexity index is 2840. The molecule has 0 unspecified atom stereocenters. The van der Waals surface area contributed by atoms with Crippen LogP contribution in [0.2, 0.25) is 0 Å². The molecular weight excluding hydrogens is 607 g/mol. The molecule has 0 bridgehead atoms. The van der Waals surface area contributed by atoms with Gasteiger partial charge in [0.25, 0.3) is 5.78 Å². The van der Waals surface area contributed by atoms with Crippen LogP contribution in [0.3, 0.4) is 0 Å². The van der Waals surface area contributed by atoms with Gasteiger partial charge in [0.15, 0.2) is 5.82 Å². The Hall–Kier alpha value is -6.24. The highest BCUT2D eigenvalue weighted by Crippen LogP contribution is 2.40. The molecule has 0 fully saturated rings. The van der Waals surface area contributed by atoms with Crippen LogP contribution in [0.25, 0.3) is 92.8 Å². The van der Waals surface area contributed by atoms with Crippen molar-refractivity contribution in [3.8, 4) is 44.3 Å². The second-order valence-corrected chi connectivity index (χ2v) is 13.0. The lowest BCUT2D eigenvalue weighted by atomic mass is 9.96. The first kappa shape index (κ1) is 26.9. The zero-order valence-corrected chi connectivity index (χ0v) is 26.4. The summed E-state index contributed by atoms with van der Waals surface area (Å²) >= 11 is 1.76. The fourth-order valence-electron chi connectivity index (χ4n) is 6.74. The maximum Gasteiger partial charge on any atom is 0.253 e. The van der Waals surface area contributed by atoms with E-state index >= 15 is 0 Å². The molecule has 0 N–H and O–H groups in total. The van der Waals surface area contributed by atoms with E-state index in [1.807, 2.05) is 40.9 Å². The van der Waals surface area contributed by atoms with Crippen LogP contribution in [0.15, 0.2) is 152 Å². The molecule has 0 saturated heterocycles. The summed E-state index contributed by atoms with van der Waals surface area (Å²) in [6.07, 6.45) is 0. The second-order valence-electron chi connectivity index (χ2n) is 12.0. The van der Waals surface area contributed by atoms with Crippen LogP contribution in [0, 0.1) is 0 Å². The van der Waals surface area contributed by atoms with Gasteiger partial charge in [-0.25, -0.2) is 9.97 Å². The van der Waals surface area contributed by atoms with Crippen molar-refractivity contribution < 1.29 is 0 Å². The van der Waals surface area contributed by atoms with E-state index in [4.69, 9.17) is 20.1 Å². The number of para-hydroxylation sites is 1. The first-order valence-electron chi connectivity index (χ1n) is 15.9. The fourth-order valence-corrected chi connectivity index (χ4v) is 7.88. The topological polar surface area (TPSA) is 56.0 Å². The minimum absolute atomic E-state index is 0.577. The van der Waals surface area contributed by atoms with Gasteiger partial charge in [-0.15, -0.1) is 16.4 Å². The van der Waals surface area contributed by atoms with E-state index in [1.165, 1.54) is 26.2 Å². The van der Waals surface area contributed by atoms with Crippen LogP contribution in [0.1, 0.15) is 0 Å². The molecule has 48 heavy (non-hydrogen) atoms. The molecule has 0 aliphatic carbocycles. The molecule has 7 aromatic carbocycles. The van der Waals surface area contributed by atoms with Crippen LogP contribution >= 0.6 is 11.3 Å². The maximum atomic E-state index is 5.02. The quantitative estimate of drug-likeness (QED) is 0.181. The lowest BCUT2D eigenvalue weighted by Crippen LogP contribution is -1.97. The minimum Gasteiger partial charge on any atom is -0.236 e. The zero-order valence-electron chi connectivity index (χ0n) is 25.6. The van der Waals surface area contributed by atoms with Crippen LogP contribution in [0.5, 0.6) is 0 Å². The second kappa shape index (κ2) is 10.7. The molecule has 0 saturated carbocycles. The molecule has 3 heterocycles. The Balaban J connectivity index is 1.11. The maximum absolute atomic E-state index is 5.02.